The fraction of sp³-hybridized carbons (Fsp3) is 0.375. The summed E-state index contributed by atoms with van der Waals surface area (Å²) in [6.45, 7) is 4.32. The van der Waals surface area contributed by atoms with Gasteiger partial charge in [0.15, 0.2) is 0 Å². The number of nitro benzene ring substituents is 1. The molecule has 14 heteroatoms. The van der Waals surface area contributed by atoms with Crippen LogP contribution < -0.4 is 20.3 Å². The van der Waals surface area contributed by atoms with E-state index in [-0.39, 0.29) is 34.0 Å². The Labute approximate surface area is 224 Å². The molecule has 0 fully saturated rings. The van der Waals surface area contributed by atoms with Crippen molar-refractivity contribution in [1.29, 1.82) is 0 Å². The van der Waals surface area contributed by atoms with Crippen molar-refractivity contribution in [3.63, 3.8) is 0 Å². The van der Waals surface area contributed by atoms with Gasteiger partial charge in [-0.1, -0.05) is 11.6 Å². The second-order valence-electron chi connectivity index (χ2n) is 9.28. The van der Waals surface area contributed by atoms with Gasteiger partial charge in [0, 0.05) is 43.5 Å². The Hall–Kier alpha value is -3.81. The van der Waals surface area contributed by atoms with Crippen LogP contribution in [0, 0.1) is 15.9 Å². The topological polar surface area (TPSA) is 142 Å². The largest absolute Gasteiger partial charge is 0.494 e. The van der Waals surface area contributed by atoms with Gasteiger partial charge in [-0.15, -0.1) is 0 Å². The van der Waals surface area contributed by atoms with Crippen LogP contribution in [-0.4, -0.2) is 71.2 Å². The molecule has 1 heterocycles. The number of methoxy groups -OCH3 is 1. The molecular weight excluding hydrogens is 519 g/mol. The molecule has 0 aliphatic carbocycles. The van der Waals surface area contributed by atoms with Crippen LogP contribution in [0.1, 0.15) is 19.4 Å². The number of likely N-dealkylation sites (N-methyl/N-ethyl adjacent to an activating group) is 2. The number of nitrogens with zero attached hydrogens (tertiary/aromatic N) is 6. The molecule has 0 amide bonds. The van der Waals surface area contributed by atoms with Crippen LogP contribution >= 0.6 is 11.6 Å². The lowest BCUT2D eigenvalue weighted by atomic mass is 9.96. The molecule has 2 aromatic carbocycles. The molecule has 0 saturated heterocycles. The minimum Gasteiger partial charge on any atom is -0.494 e. The number of ether oxygens (including phenoxy) is 1. The SMILES string of the molecule is COc1cc(N(C)CCN(C)C)c([N+](=O)[O-])cc1Nc1ncnc(Nc2cc(F)c(Cl)cc2C(C)(C)O)n1. The number of halogens is 2. The highest BCUT2D eigenvalue weighted by Crippen LogP contribution is 2.39. The summed E-state index contributed by atoms with van der Waals surface area (Å²) in [4.78, 5) is 27.6. The number of nitro groups is 1. The van der Waals surface area contributed by atoms with Crippen LogP contribution in [0.5, 0.6) is 5.75 Å². The molecule has 0 radical (unpaired) electrons. The monoisotopic (exact) mass is 548 g/mol. The van der Waals surface area contributed by atoms with Crippen LogP contribution in [0.2, 0.25) is 5.02 Å². The van der Waals surface area contributed by atoms with Crippen molar-refractivity contribution in [2.24, 2.45) is 0 Å². The van der Waals surface area contributed by atoms with Crippen molar-refractivity contribution in [3.05, 3.63) is 57.1 Å². The molecule has 0 bridgehead atoms. The van der Waals surface area contributed by atoms with Gasteiger partial charge in [-0.05, 0) is 40.1 Å². The highest BCUT2D eigenvalue weighted by Gasteiger charge is 2.24. The highest BCUT2D eigenvalue weighted by atomic mass is 35.5. The fourth-order valence-corrected chi connectivity index (χ4v) is 3.72. The first kappa shape index (κ1) is 28.8. The van der Waals surface area contributed by atoms with Gasteiger partial charge in [0.05, 0.1) is 28.3 Å². The molecule has 0 unspecified atom stereocenters. The average Bonchev–Trinajstić information content (AvgIpc) is 2.83. The third-order valence-corrected chi connectivity index (χ3v) is 5.86. The van der Waals surface area contributed by atoms with Crippen LogP contribution in [0.3, 0.4) is 0 Å². The van der Waals surface area contributed by atoms with E-state index in [1.165, 1.54) is 39.4 Å². The van der Waals surface area contributed by atoms with Crippen molar-refractivity contribution in [2.75, 3.05) is 56.9 Å². The summed E-state index contributed by atoms with van der Waals surface area (Å²) in [5.74, 6) is -0.283. The van der Waals surface area contributed by atoms with Gasteiger partial charge in [-0.25, -0.2) is 14.4 Å². The van der Waals surface area contributed by atoms with Gasteiger partial charge < -0.3 is 30.3 Å². The second-order valence-corrected chi connectivity index (χ2v) is 9.68. The molecule has 38 heavy (non-hydrogen) atoms. The minimum atomic E-state index is -1.35. The van der Waals surface area contributed by atoms with Gasteiger partial charge in [-0.3, -0.25) is 10.1 Å². The Balaban J connectivity index is 1.94. The molecule has 0 saturated carbocycles. The number of hydrogen-bond donors (Lipinski definition) is 3. The maximum Gasteiger partial charge on any atom is 0.294 e. The Bertz CT molecular complexity index is 1320. The first-order chi connectivity index (χ1) is 17.8. The van der Waals surface area contributed by atoms with Gasteiger partial charge in [0.1, 0.15) is 23.6 Å². The molecule has 0 spiro atoms. The predicted molar refractivity (Wildman–Crippen MR) is 145 cm³/mol. The van der Waals surface area contributed by atoms with Crippen molar-refractivity contribution in [1.82, 2.24) is 19.9 Å². The van der Waals surface area contributed by atoms with Gasteiger partial charge in [0.25, 0.3) is 5.69 Å². The molecule has 0 aliphatic rings. The lowest BCUT2D eigenvalue weighted by molar-refractivity contribution is -0.384. The van der Waals surface area contributed by atoms with E-state index in [4.69, 9.17) is 16.3 Å². The molecule has 3 rings (SSSR count). The molecule has 3 aromatic rings. The molecule has 0 atom stereocenters. The Morgan fingerprint density at radius 1 is 1.11 bits per heavy atom. The fourth-order valence-electron chi connectivity index (χ4n) is 3.56. The van der Waals surface area contributed by atoms with Crippen molar-refractivity contribution in [2.45, 2.75) is 19.4 Å². The van der Waals surface area contributed by atoms with Crippen LogP contribution in [0.4, 0.5) is 39.0 Å². The van der Waals surface area contributed by atoms with E-state index in [1.54, 1.807) is 18.0 Å². The van der Waals surface area contributed by atoms with E-state index in [0.29, 0.717) is 30.1 Å². The Morgan fingerprint density at radius 3 is 2.29 bits per heavy atom. The third-order valence-electron chi connectivity index (χ3n) is 5.57. The molecule has 0 aliphatic heterocycles. The summed E-state index contributed by atoms with van der Waals surface area (Å²) in [6, 6.07) is 5.37. The summed E-state index contributed by atoms with van der Waals surface area (Å²) >= 11 is 5.91. The lowest BCUT2D eigenvalue weighted by Gasteiger charge is -2.23. The standard InChI is InChI=1S/C24H30ClFN8O4/c1-24(2,35)14-9-15(25)16(26)10-17(14)29-22-27-13-28-23(31-22)30-18-11-20(34(36)37)19(12-21(18)38-6)33(5)8-7-32(3)4/h9-13,35H,7-8H2,1-6H3,(H2,27,28,29,30,31). The summed E-state index contributed by atoms with van der Waals surface area (Å²) in [5, 5.41) is 28.0. The zero-order valence-electron chi connectivity index (χ0n) is 21.9. The number of aromatic nitrogens is 3. The quantitative estimate of drug-likeness (QED) is 0.233. The van der Waals surface area contributed by atoms with Gasteiger partial charge >= 0.3 is 0 Å². The minimum absolute atomic E-state index is 0.0308. The zero-order valence-corrected chi connectivity index (χ0v) is 22.7. The highest BCUT2D eigenvalue weighted by molar-refractivity contribution is 6.30. The third kappa shape index (κ3) is 6.94. The molecule has 12 nitrogen and oxygen atoms in total. The summed E-state index contributed by atoms with van der Waals surface area (Å²) in [7, 11) is 7.05. The normalized spacial score (nSPS) is 11.4. The maximum atomic E-state index is 14.2. The average molecular weight is 549 g/mol. The van der Waals surface area contributed by atoms with E-state index < -0.39 is 16.3 Å². The lowest BCUT2D eigenvalue weighted by Crippen LogP contribution is -2.29. The number of benzene rings is 2. The first-order valence-electron chi connectivity index (χ1n) is 11.5. The van der Waals surface area contributed by atoms with E-state index in [0.717, 1.165) is 6.07 Å². The zero-order chi connectivity index (χ0) is 28.2. The number of aliphatic hydroxyl groups is 1. The van der Waals surface area contributed by atoms with E-state index in [2.05, 4.69) is 25.6 Å². The molecule has 1 aromatic heterocycles. The van der Waals surface area contributed by atoms with Crippen molar-refractivity contribution in [3.8, 4) is 5.75 Å². The molecular formula is C24H30ClFN8O4. The number of nitrogens with one attached hydrogen (secondary N) is 2. The van der Waals surface area contributed by atoms with Gasteiger partial charge in [-0.2, -0.15) is 4.98 Å². The Kier molecular flexibility index (Phi) is 8.86. The molecule has 204 valence electrons. The van der Waals surface area contributed by atoms with Crippen molar-refractivity contribution < 1.29 is 19.2 Å². The smallest absolute Gasteiger partial charge is 0.294 e. The maximum absolute atomic E-state index is 14.2. The Morgan fingerprint density at radius 2 is 1.74 bits per heavy atom. The number of hydrogen-bond acceptors (Lipinski definition) is 11. The number of rotatable bonds is 11. The molecule has 3 N–H and O–H groups in total. The first-order valence-corrected chi connectivity index (χ1v) is 11.8. The predicted octanol–water partition coefficient (Wildman–Crippen LogP) is 4.29. The second kappa shape index (κ2) is 11.7. The van der Waals surface area contributed by atoms with Crippen molar-refractivity contribution >= 4 is 46.2 Å². The summed E-state index contributed by atoms with van der Waals surface area (Å²) in [6.07, 6.45) is 1.21. The van der Waals surface area contributed by atoms with Gasteiger partial charge in [0.2, 0.25) is 11.9 Å². The van der Waals surface area contributed by atoms with E-state index in [1.807, 2.05) is 19.0 Å². The number of anilines is 5. The van der Waals surface area contributed by atoms with Crippen LogP contribution in [-0.2, 0) is 5.60 Å². The van der Waals surface area contributed by atoms with Crippen LogP contribution in [0.25, 0.3) is 0 Å². The summed E-state index contributed by atoms with van der Waals surface area (Å²) in [5.41, 5.74) is -0.299. The van der Waals surface area contributed by atoms with Crippen LogP contribution in [0.15, 0.2) is 30.6 Å². The van der Waals surface area contributed by atoms with E-state index >= 15 is 0 Å². The van der Waals surface area contributed by atoms with E-state index in [9.17, 15) is 19.6 Å². The summed E-state index contributed by atoms with van der Waals surface area (Å²) < 4.78 is 19.7.